The summed E-state index contributed by atoms with van der Waals surface area (Å²) in [5.74, 6) is 0. The van der Waals surface area contributed by atoms with Gasteiger partial charge in [0.15, 0.2) is 6.29 Å². The first-order chi connectivity index (χ1) is 4.31. The third kappa shape index (κ3) is 5.76. The van der Waals surface area contributed by atoms with Gasteiger partial charge in [0.05, 0.1) is 6.61 Å². The van der Waals surface area contributed by atoms with E-state index in [0.29, 0.717) is 0 Å². The lowest BCUT2D eigenvalue weighted by Crippen LogP contribution is -2.11. The molecule has 0 aliphatic carbocycles. The van der Waals surface area contributed by atoms with Crippen molar-refractivity contribution in [1.29, 1.82) is 0 Å². The summed E-state index contributed by atoms with van der Waals surface area (Å²) in [6.45, 7) is 5.03. The van der Waals surface area contributed by atoms with Crippen molar-refractivity contribution in [3.63, 3.8) is 0 Å². The van der Waals surface area contributed by atoms with E-state index in [1.54, 1.807) is 13.5 Å². The van der Waals surface area contributed by atoms with Crippen molar-refractivity contribution in [2.24, 2.45) is 0 Å². The molecule has 55 valence electrons. The van der Waals surface area contributed by atoms with Crippen molar-refractivity contribution in [1.82, 2.24) is 0 Å². The topological polar surface area (TPSA) is 38.7 Å². The largest absolute Gasteiger partial charge is 0.371 e. The van der Waals surface area contributed by atoms with E-state index < -0.39 is 0 Å². The molecule has 9 heavy (non-hydrogen) atoms. The van der Waals surface area contributed by atoms with Crippen LogP contribution in [0, 0.1) is 6.61 Å². The molecule has 1 unspecified atom stereocenters. The van der Waals surface area contributed by atoms with Crippen LogP contribution < -0.4 is 0 Å². The summed E-state index contributed by atoms with van der Waals surface area (Å²) in [5, 5.41) is 8.22. The van der Waals surface area contributed by atoms with Gasteiger partial charge in [-0.05, 0) is 13.3 Å². The van der Waals surface area contributed by atoms with Crippen LogP contribution in [0.25, 0.3) is 0 Å². The van der Waals surface area contributed by atoms with Crippen LogP contribution in [-0.4, -0.2) is 18.2 Å². The fraction of sp³-hybridized carbons (Fsp3) is 0.833. The average molecular weight is 133 g/mol. The zero-order chi connectivity index (χ0) is 7.11. The van der Waals surface area contributed by atoms with Gasteiger partial charge in [0, 0.05) is 0 Å². The molecule has 0 saturated carbocycles. The van der Waals surface area contributed by atoms with Crippen molar-refractivity contribution in [2.75, 3.05) is 6.79 Å². The third-order valence-electron chi connectivity index (χ3n) is 0.764. The van der Waals surface area contributed by atoms with E-state index in [4.69, 9.17) is 9.84 Å². The van der Waals surface area contributed by atoms with Crippen LogP contribution in [0.15, 0.2) is 0 Å². The Bertz CT molecular complexity index is 56.3. The molecule has 0 aromatic carbocycles. The van der Waals surface area contributed by atoms with Gasteiger partial charge in [-0.1, -0.05) is 6.92 Å². The van der Waals surface area contributed by atoms with E-state index in [9.17, 15) is 0 Å². The summed E-state index contributed by atoms with van der Waals surface area (Å²) < 4.78 is 9.57. The van der Waals surface area contributed by atoms with Crippen LogP contribution >= 0.6 is 0 Å². The zero-order valence-corrected chi connectivity index (χ0v) is 5.83. The molecule has 0 spiro atoms. The maximum Gasteiger partial charge on any atom is 0.158 e. The number of aliphatic hydroxyl groups excluding tert-OH is 1. The molecule has 3 nitrogen and oxygen atoms in total. The summed E-state index contributed by atoms with van der Waals surface area (Å²) in [4.78, 5) is 0. The zero-order valence-electron chi connectivity index (χ0n) is 5.83. The molecule has 0 aliphatic heterocycles. The average Bonchev–Trinajstić information content (AvgIpc) is 1.85. The minimum absolute atomic E-state index is 0.293. The van der Waals surface area contributed by atoms with E-state index in [1.165, 1.54) is 0 Å². The maximum atomic E-state index is 8.22. The van der Waals surface area contributed by atoms with Gasteiger partial charge in [0.1, 0.15) is 6.79 Å². The molecule has 0 fully saturated rings. The molecule has 1 atom stereocenters. The highest BCUT2D eigenvalue weighted by atomic mass is 16.7. The molecule has 0 rings (SSSR count). The standard InChI is InChI=1S/C6H13O3/c1-3-4-8-6(2)9-5-7/h4,6-7H,3,5H2,1-2H3. The van der Waals surface area contributed by atoms with Crippen LogP contribution in [0.1, 0.15) is 20.3 Å². The highest BCUT2D eigenvalue weighted by molar-refractivity contribution is 4.43. The van der Waals surface area contributed by atoms with Crippen LogP contribution in [-0.2, 0) is 9.47 Å². The van der Waals surface area contributed by atoms with Gasteiger partial charge in [-0.25, -0.2) is 0 Å². The van der Waals surface area contributed by atoms with Gasteiger partial charge in [0.25, 0.3) is 0 Å². The first-order valence-corrected chi connectivity index (χ1v) is 3.00. The number of rotatable bonds is 5. The second kappa shape index (κ2) is 6.01. The van der Waals surface area contributed by atoms with Crippen LogP contribution in [0.5, 0.6) is 0 Å². The summed E-state index contributed by atoms with van der Waals surface area (Å²) in [6, 6.07) is 0. The molecule has 0 aromatic rings. The van der Waals surface area contributed by atoms with E-state index in [1.807, 2.05) is 6.92 Å². The molecule has 0 saturated heterocycles. The molecule has 0 amide bonds. The number of hydrogen-bond donors (Lipinski definition) is 1. The van der Waals surface area contributed by atoms with Gasteiger partial charge in [0.2, 0.25) is 0 Å². The van der Waals surface area contributed by atoms with Gasteiger partial charge < -0.3 is 14.6 Å². The Balaban J connectivity index is 2.95. The minimum atomic E-state index is -0.338. The first-order valence-electron chi connectivity index (χ1n) is 3.00. The maximum absolute atomic E-state index is 8.22. The van der Waals surface area contributed by atoms with E-state index in [2.05, 4.69) is 4.74 Å². The van der Waals surface area contributed by atoms with Gasteiger partial charge in [-0.3, -0.25) is 0 Å². The lowest BCUT2D eigenvalue weighted by Gasteiger charge is -2.09. The van der Waals surface area contributed by atoms with Crippen molar-refractivity contribution >= 4 is 0 Å². The van der Waals surface area contributed by atoms with E-state index in [0.717, 1.165) is 6.42 Å². The lowest BCUT2D eigenvalue weighted by molar-refractivity contribution is -0.155. The molecule has 0 aromatic heterocycles. The highest BCUT2D eigenvalue weighted by Crippen LogP contribution is 1.96. The smallest absolute Gasteiger partial charge is 0.158 e. The predicted molar refractivity (Wildman–Crippen MR) is 33.3 cm³/mol. The SMILES string of the molecule is CC[CH]OC(C)OCO. The molecule has 3 heteroatoms. The first kappa shape index (κ1) is 8.88. The Morgan fingerprint density at radius 3 is 2.78 bits per heavy atom. The van der Waals surface area contributed by atoms with Gasteiger partial charge in [-0.2, -0.15) is 0 Å². The Morgan fingerprint density at radius 2 is 2.33 bits per heavy atom. The fourth-order valence-electron chi connectivity index (χ4n) is 0.376. The molecule has 1 radical (unpaired) electrons. The second-order valence-electron chi connectivity index (χ2n) is 1.57. The van der Waals surface area contributed by atoms with Crippen LogP contribution in [0.4, 0.5) is 0 Å². The lowest BCUT2D eigenvalue weighted by atomic mass is 10.5. The Labute approximate surface area is 55.6 Å². The van der Waals surface area contributed by atoms with E-state index >= 15 is 0 Å². The Morgan fingerprint density at radius 1 is 1.67 bits per heavy atom. The monoisotopic (exact) mass is 133 g/mol. The summed E-state index contributed by atoms with van der Waals surface area (Å²) >= 11 is 0. The molecule has 0 aliphatic rings. The summed E-state index contributed by atoms with van der Waals surface area (Å²) in [5.41, 5.74) is 0. The third-order valence-corrected chi connectivity index (χ3v) is 0.764. The number of ether oxygens (including phenoxy) is 2. The van der Waals surface area contributed by atoms with Crippen molar-refractivity contribution in [3.05, 3.63) is 6.61 Å². The molecule has 1 N–H and O–H groups in total. The number of hydrogen-bond acceptors (Lipinski definition) is 3. The van der Waals surface area contributed by atoms with Crippen molar-refractivity contribution in [3.8, 4) is 0 Å². The van der Waals surface area contributed by atoms with Crippen LogP contribution in [0.3, 0.4) is 0 Å². The molecule has 0 bridgehead atoms. The van der Waals surface area contributed by atoms with Gasteiger partial charge >= 0.3 is 0 Å². The molecular weight excluding hydrogens is 120 g/mol. The van der Waals surface area contributed by atoms with E-state index in [-0.39, 0.29) is 13.1 Å². The highest BCUT2D eigenvalue weighted by Gasteiger charge is 1.97. The predicted octanol–water partition coefficient (Wildman–Crippen LogP) is 0.887. The fourth-order valence-corrected chi connectivity index (χ4v) is 0.376. The second-order valence-corrected chi connectivity index (χ2v) is 1.57. The normalized spacial score (nSPS) is 13.7. The summed E-state index contributed by atoms with van der Waals surface area (Å²) in [7, 11) is 0. The summed E-state index contributed by atoms with van der Waals surface area (Å²) in [6.07, 6.45) is 0.508. The molecular formula is C6H13O3. The molecule has 0 heterocycles. The van der Waals surface area contributed by atoms with Crippen molar-refractivity contribution < 1.29 is 14.6 Å². The quantitative estimate of drug-likeness (QED) is 0.566. The minimum Gasteiger partial charge on any atom is -0.371 e. The van der Waals surface area contributed by atoms with Gasteiger partial charge in [-0.15, -0.1) is 0 Å². The van der Waals surface area contributed by atoms with Crippen molar-refractivity contribution in [2.45, 2.75) is 26.6 Å². The Kier molecular flexibility index (Phi) is 5.93. The Hall–Kier alpha value is -0.120. The van der Waals surface area contributed by atoms with Crippen LogP contribution in [0.2, 0.25) is 0 Å². The number of aliphatic hydroxyl groups is 1.